The molecule has 1 unspecified atom stereocenters. The van der Waals surface area contributed by atoms with E-state index in [1.165, 1.54) is 4.90 Å². The summed E-state index contributed by atoms with van der Waals surface area (Å²) in [6, 6.07) is -0.418. The van der Waals surface area contributed by atoms with Crippen molar-refractivity contribution >= 4 is 17.8 Å². The van der Waals surface area contributed by atoms with Gasteiger partial charge in [-0.3, -0.25) is 9.59 Å². The van der Waals surface area contributed by atoms with Crippen LogP contribution in [0, 0.1) is 5.92 Å². The predicted octanol–water partition coefficient (Wildman–Crippen LogP) is 1.24. The van der Waals surface area contributed by atoms with Gasteiger partial charge in [0, 0.05) is 25.6 Å². The van der Waals surface area contributed by atoms with Crippen molar-refractivity contribution in [2.24, 2.45) is 5.92 Å². The molecule has 2 saturated heterocycles. The van der Waals surface area contributed by atoms with E-state index in [-0.39, 0.29) is 24.2 Å². The zero-order valence-corrected chi connectivity index (χ0v) is 12.9. The number of rotatable bonds is 3. The fourth-order valence-electron chi connectivity index (χ4n) is 4.15. The molecule has 3 rings (SSSR count). The van der Waals surface area contributed by atoms with Crippen LogP contribution in [0.15, 0.2) is 0 Å². The fraction of sp³-hybridized carbons (Fsp3) is 0.812. The minimum atomic E-state index is -0.926. The van der Waals surface area contributed by atoms with Crippen molar-refractivity contribution in [3.05, 3.63) is 0 Å². The van der Waals surface area contributed by atoms with Crippen LogP contribution in [0.4, 0.5) is 0 Å². The number of carbonyl (C=O) groups excluding carboxylic acids is 2. The van der Waals surface area contributed by atoms with E-state index in [2.05, 4.69) is 0 Å². The van der Waals surface area contributed by atoms with Gasteiger partial charge in [0.25, 0.3) is 0 Å². The minimum Gasteiger partial charge on any atom is -0.480 e. The molecular formula is C16H24N2O4. The summed E-state index contributed by atoms with van der Waals surface area (Å²) in [7, 11) is 0. The molecule has 0 aromatic heterocycles. The quantitative estimate of drug-likeness (QED) is 0.851. The van der Waals surface area contributed by atoms with E-state index in [1.54, 1.807) is 0 Å². The monoisotopic (exact) mass is 308 g/mol. The number of likely N-dealkylation sites (tertiary alicyclic amines) is 2. The molecule has 1 N–H and O–H groups in total. The molecule has 3 fully saturated rings. The van der Waals surface area contributed by atoms with Crippen molar-refractivity contribution in [1.29, 1.82) is 0 Å². The number of nitrogens with zero attached hydrogens (tertiary/aromatic N) is 2. The lowest BCUT2D eigenvalue weighted by Gasteiger charge is -2.34. The van der Waals surface area contributed by atoms with Crippen LogP contribution in [0.1, 0.15) is 51.4 Å². The van der Waals surface area contributed by atoms with Crippen LogP contribution in [-0.2, 0) is 14.4 Å². The van der Waals surface area contributed by atoms with Crippen LogP contribution in [-0.4, -0.2) is 57.9 Å². The van der Waals surface area contributed by atoms with E-state index in [9.17, 15) is 19.5 Å². The molecular weight excluding hydrogens is 284 g/mol. The van der Waals surface area contributed by atoms with Crippen LogP contribution in [0.3, 0.4) is 0 Å². The predicted molar refractivity (Wildman–Crippen MR) is 79.1 cm³/mol. The van der Waals surface area contributed by atoms with Gasteiger partial charge in [-0.2, -0.15) is 0 Å². The molecule has 2 atom stereocenters. The lowest BCUT2D eigenvalue weighted by atomic mass is 9.98. The summed E-state index contributed by atoms with van der Waals surface area (Å²) in [6.45, 7) is 0.981. The molecule has 0 radical (unpaired) electrons. The maximum atomic E-state index is 12.7. The van der Waals surface area contributed by atoms with E-state index in [0.29, 0.717) is 25.6 Å². The highest BCUT2D eigenvalue weighted by molar-refractivity contribution is 5.91. The average molecular weight is 308 g/mol. The molecule has 2 heterocycles. The molecule has 122 valence electrons. The van der Waals surface area contributed by atoms with Gasteiger partial charge in [-0.15, -0.1) is 0 Å². The Morgan fingerprint density at radius 3 is 2.41 bits per heavy atom. The first-order valence-electron chi connectivity index (χ1n) is 8.40. The molecule has 3 aliphatic rings. The fourth-order valence-corrected chi connectivity index (χ4v) is 4.15. The SMILES string of the molecule is O=C(O)[C@H]1CCCCN1C(=O)C1CC(=O)N(C2CCCC2)C1. The third-order valence-corrected chi connectivity index (χ3v) is 5.34. The average Bonchev–Trinajstić information content (AvgIpc) is 3.15. The van der Waals surface area contributed by atoms with E-state index < -0.39 is 12.0 Å². The Labute approximate surface area is 130 Å². The topological polar surface area (TPSA) is 77.9 Å². The van der Waals surface area contributed by atoms with E-state index in [1.807, 2.05) is 4.90 Å². The lowest BCUT2D eigenvalue weighted by molar-refractivity contribution is -0.153. The second kappa shape index (κ2) is 6.26. The van der Waals surface area contributed by atoms with Gasteiger partial charge in [0.2, 0.25) is 11.8 Å². The standard InChI is InChI=1S/C16H24N2O4/c19-14-9-11(10-18(14)12-5-1-2-6-12)15(20)17-8-4-3-7-13(17)16(21)22/h11-13H,1-10H2,(H,21,22)/t11?,13-/m1/s1. The van der Waals surface area contributed by atoms with Crippen LogP contribution < -0.4 is 0 Å². The van der Waals surface area contributed by atoms with Crippen molar-refractivity contribution in [2.75, 3.05) is 13.1 Å². The van der Waals surface area contributed by atoms with Crippen molar-refractivity contribution in [2.45, 2.75) is 63.5 Å². The maximum Gasteiger partial charge on any atom is 0.326 e. The van der Waals surface area contributed by atoms with E-state index in [4.69, 9.17) is 0 Å². The first kappa shape index (κ1) is 15.3. The summed E-state index contributed by atoms with van der Waals surface area (Å²) in [4.78, 5) is 39.6. The molecule has 0 spiro atoms. The Morgan fingerprint density at radius 1 is 1.05 bits per heavy atom. The highest BCUT2D eigenvalue weighted by Crippen LogP contribution is 2.31. The largest absolute Gasteiger partial charge is 0.480 e. The zero-order chi connectivity index (χ0) is 15.7. The van der Waals surface area contributed by atoms with Crippen molar-refractivity contribution in [3.63, 3.8) is 0 Å². The second-order valence-corrected chi connectivity index (χ2v) is 6.77. The molecule has 2 amide bonds. The molecule has 0 aromatic carbocycles. The van der Waals surface area contributed by atoms with Gasteiger partial charge in [0.15, 0.2) is 0 Å². The number of amides is 2. The third-order valence-electron chi connectivity index (χ3n) is 5.34. The number of hydrogen-bond donors (Lipinski definition) is 1. The Morgan fingerprint density at radius 2 is 1.73 bits per heavy atom. The van der Waals surface area contributed by atoms with E-state index >= 15 is 0 Å². The van der Waals surface area contributed by atoms with Crippen molar-refractivity contribution < 1.29 is 19.5 Å². The molecule has 22 heavy (non-hydrogen) atoms. The smallest absolute Gasteiger partial charge is 0.326 e. The van der Waals surface area contributed by atoms with Crippen molar-refractivity contribution in [1.82, 2.24) is 9.80 Å². The summed E-state index contributed by atoms with van der Waals surface area (Å²) in [5.41, 5.74) is 0. The molecule has 1 aliphatic carbocycles. The molecule has 0 bridgehead atoms. The Bertz CT molecular complexity index is 473. The first-order chi connectivity index (χ1) is 10.6. The van der Waals surface area contributed by atoms with Gasteiger partial charge in [-0.25, -0.2) is 4.79 Å². The summed E-state index contributed by atoms with van der Waals surface area (Å²) < 4.78 is 0. The Hall–Kier alpha value is -1.59. The minimum absolute atomic E-state index is 0.0640. The van der Waals surface area contributed by atoms with Gasteiger partial charge in [-0.1, -0.05) is 12.8 Å². The normalized spacial score (nSPS) is 30.1. The Kier molecular flexibility index (Phi) is 4.36. The third kappa shape index (κ3) is 2.83. The molecule has 0 aromatic rings. The summed E-state index contributed by atoms with van der Waals surface area (Å²) >= 11 is 0. The van der Waals surface area contributed by atoms with Gasteiger partial charge < -0.3 is 14.9 Å². The zero-order valence-electron chi connectivity index (χ0n) is 12.9. The number of carbonyl (C=O) groups is 3. The summed E-state index contributed by atoms with van der Waals surface area (Å²) in [6.07, 6.45) is 6.84. The first-order valence-corrected chi connectivity index (χ1v) is 8.40. The molecule has 2 aliphatic heterocycles. The maximum absolute atomic E-state index is 12.7. The van der Waals surface area contributed by atoms with E-state index in [0.717, 1.165) is 38.5 Å². The molecule has 6 heteroatoms. The van der Waals surface area contributed by atoms with Crippen LogP contribution in [0.5, 0.6) is 0 Å². The summed E-state index contributed by atoms with van der Waals surface area (Å²) in [5, 5.41) is 9.31. The Balaban J connectivity index is 1.67. The second-order valence-electron chi connectivity index (χ2n) is 6.77. The molecule has 6 nitrogen and oxygen atoms in total. The highest BCUT2D eigenvalue weighted by Gasteiger charge is 2.42. The number of carboxylic acids is 1. The van der Waals surface area contributed by atoms with Gasteiger partial charge in [0.05, 0.1) is 5.92 Å². The van der Waals surface area contributed by atoms with Crippen LogP contribution >= 0.6 is 0 Å². The lowest BCUT2D eigenvalue weighted by Crippen LogP contribution is -2.50. The van der Waals surface area contributed by atoms with Crippen molar-refractivity contribution in [3.8, 4) is 0 Å². The molecule has 1 saturated carbocycles. The van der Waals surface area contributed by atoms with Crippen LogP contribution in [0.2, 0.25) is 0 Å². The van der Waals surface area contributed by atoms with Gasteiger partial charge in [-0.05, 0) is 32.1 Å². The number of carboxylic acid groups (broad SMARTS) is 1. The number of aliphatic carboxylic acids is 1. The number of hydrogen-bond acceptors (Lipinski definition) is 3. The van der Waals surface area contributed by atoms with Gasteiger partial charge in [0.1, 0.15) is 6.04 Å². The van der Waals surface area contributed by atoms with Crippen LogP contribution in [0.25, 0.3) is 0 Å². The number of piperidine rings is 1. The summed E-state index contributed by atoms with van der Waals surface area (Å²) in [5.74, 6) is -1.35. The highest BCUT2D eigenvalue weighted by atomic mass is 16.4. The van der Waals surface area contributed by atoms with Gasteiger partial charge >= 0.3 is 5.97 Å².